The van der Waals surface area contributed by atoms with Gasteiger partial charge >= 0.3 is 0 Å². The summed E-state index contributed by atoms with van der Waals surface area (Å²) >= 11 is 6.21. The first-order valence-electron chi connectivity index (χ1n) is 7.15. The number of benzene rings is 1. The molecule has 0 amide bonds. The minimum Gasteiger partial charge on any atom is -0.493 e. The molecule has 6 heteroatoms. The van der Waals surface area contributed by atoms with E-state index in [1.165, 1.54) is 0 Å². The fraction of sp³-hybridized carbons (Fsp3) is 0.533. The molecule has 0 aliphatic carbocycles. The topological polar surface area (TPSA) is 68.9 Å². The predicted molar refractivity (Wildman–Crippen MR) is 87.4 cm³/mol. The summed E-state index contributed by atoms with van der Waals surface area (Å²) in [5, 5.41) is 3.58. The Morgan fingerprint density at radius 2 is 2.14 bits per heavy atom. The zero-order valence-corrected chi connectivity index (χ0v) is 13.7. The molecule has 0 heterocycles. The van der Waals surface area contributed by atoms with Gasteiger partial charge in [-0.1, -0.05) is 24.9 Å². The Kier molecular flexibility index (Phi) is 7.75. The van der Waals surface area contributed by atoms with Crippen LogP contribution in [0.1, 0.15) is 32.3 Å². The number of halogens is 1. The van der Waals surface area contributed by atoms with Crippen LogP contribution in [-0.4, -0.2) is 26.2 Å². The Bertz CT molecular complexity index is 478. The molecule has 0 aliphatic heterocycles. The van der Waals surface area contributed by atoms with Gasteiger partial charge in [0.05, 0.1) is 25.3 Å². The number of ether oxygens (including phenoxy) is 2. The fourth-order valence-electron chi connectivity index (χ4n) is 1.77. The highest BCUT2D eigenvalue weighted by Crippen LogP contribution is 2.36. The number of aliphatic imine (C=N–C) groups is 1. The summed E-state index contributed by atoms with van der Waals surface area (Å²) in [6.07, 6.45) is 2.19. The van der Waals surface area contributed by atoms with Gasteiger partial charge in [-0.25, -0.2) is 4.99 Å². The molecule has 0 saturated carbocycles. The highest BCUT2D eigenvalue weighted by Gasteiger charge is 2.11. The van der Waals surface area contributed by atoms with Crippen LogP contribution < -0.4 is 20.5 Å². The maximum atomic E-state index is 6.21. The molecule has 1 rings (SSSR count). The largest absolute Gasteiger partial charge is 0.493 e. The zero-order valence-electron chi connectivity index (χ0n) is 12.9. The van der Waals surface area contributed by atoms with E-state index in [0.717, 1.165) is 24.9 Å². The van der Waals surface area contributed by atoms with Crippen LogP contribution in [0.3, 0.4) is 0 Å². The molecule has 0 unspecified atom stereocenters. The van der Waals surface area contributed by atoms with Crippen LogP contribution in [0.2, 0.25) is 5.02 Å². The SMILES string of the molecule is CCCCNC(N)=NCc1cc(Cl)c(OCC)c(OC)c1. The van der Waals surface area contributed by atoms with Gasteiger partial charge in [0.2, 0.25) is 0 Å². The maximum absolute atomic E-state index is 6.21. The molecular weight excluding hydrogens is 290 g/mol. The smallest absolute Gasteiger partial charge is 0.188 e. The van der Waals surface area contributed by atoms with Crippen molar-refractivity contribution in [3.8, 4) is 11.5 Å². The quantitative estimate of drug-likeness (QED) is 0.440. The minimum atomic E-state index is 0.437. The molecule has 1 aromatic rings. The molecule has 0 radical (unpaired) electrons. The second-order valence-electron chi connectivity index (χ2n) is 4.52. The first-order chi connectivity index (χ1) is 10.1. The highest BCUT2D eigenvalue weighted by molar-refractivity contribution is 6.32. The van der Waals surface area contributed by atoms with E-state index < -0.39 is 0 Å². The lowest BCUT2D eigenvalue weighted by Crippen LogP contribution is -2.32. The number of nitrogens with zero attached hydrogens (tertiary/aromatic N) is 1. The van der Waals surface area contributed by atoms with Gasteiger partial charge in [-0.15, -0.1) is 0 Å². The molecule has 5 nitrogen and oxygen atoms in total. The Hall–Kier alpha value is -1.62. The molecule has 118 valence electrons. The Labute approximate surface area is 131 Å². The van der Waals surface area contributed by atoms with Gasteiger partial charge in [0, 0.05) is 6.54 Å². The van der Waals surface area contributed by atoms with Crippen molar-refractivity contribution in [1.82, 2.24) is 5.32 Å². The van der Waals surface area contributed by atoms with Crippen LogP contribution in [-0.2, 0) is 6.54 Å². The van der Waals surface area contributed by atoms with Crippen molar-refractivity contribution in [2.75, 3.05) is 20.3 Å². The lowest BCUT2D eigenvalue weighted by atomic mass is 10.2. The van der Waals surface area contributed by atoms with E-state index in [-0.39, 0.29) is 0 Å². The number of nitrogens with two attached hydrogens (primary N) is 1. The average molecular weight is 314 g/mol. The number of rotatable bonds is 8. The second-order valence-corrected chi connectivity index (χ2v) is 4.93. The maximum Gasteiger partial charge on any atom is 0.188 e. The van der Waals surface area contributed by atoms with E-state index in [0.29, 0.717) is 35.6 Å². The van der Waals surface area contributed by atoms with Gasteiger partial charge in [-0.2, -0.15) is 0 Å². The molecule has 21 heavy (non-hydrogen) atoms. The van der Waals surface area contributed by atoms with Crippen molar-refractivity contribution in [3.05, 3.63) is 22.7 Å². The molecule has 0 atom stereocenters. The number of methoxy groups -OCH3 is 1. The van der Waals surface area contributed by atoms with Gasteiger partial charge in [0.15, 0.2) is 17.5 Å². The number of hydrogen-bond acceptors (Lipinski definition) is 3. The van der Waals surface area contributed by atoms with Gasteiger partial charge in [0.1, 0.15) is 0 Å². The van der Waals surface area contributed by atoms with Crippen LogP contribution in [0.4, 0.5) is 0 Å². The first kappa shape index (κ1) is 17.4. The summed E-state index contributed by atoms with van der Waals surface area (Å²) in [5.41, 5.74) is 6.72. The van der Waals surface area contributed by atoms with Gasteiger partial charge in [-0.3, -0.25) is 0 Å². The molecule has 0 aliphatic rings. The Balaban J connectivity index is 2.75. The van der Waals surface area contributed by atoms with E-state index in [2.05, 4.69) is 17.2 Å². The molecular formula is C15H24ClN3O2. The predicted octanol–water partition coefficient (Wildman–Crippen LogP) is 2.95. The number of hydrogen-bond donors (Lipinski definition) is 2. The summed E-state index contributed by atoms with van der Waals surface area (Å²) in [6, 6.07) is 3.68. The van der Waals surface area contributed by atoms with Crippen LogP contribution in [0.25, 0.3) is 0 Å². The zero-order chi connectivity index (χ0) is 15.7. The molecule has 0 spiro atoms. The first-order valence-corrected chi connectivity index (χ1v) is 7.53. The third-order valence-corrected chi connectivity index (χ3v) is 3.13. The molecule has 0 aromatic heterocycles. The van der Waals surface area contributed by atoms with Crippen LogP contribution >= 0.6 is 11.6 Å². The van der Waals surface area contributed by atoms with E-state index >= 15 is 0 Å². The standard InChI is InChI=1S/C15H24ClN3O2/c1-4-6-7-18-15(17)19-10-11-8-12(16)14(21-5-2)13(9-11)20-3/h8-9H,4-7,10H2,1-3H3,(H3,17,18,19). The number of unbranched alkanes of at least 4 members (excludes halogenated alkanes) is 1. The number of nitrogens with one attached hydrogen (secondary N) is 1. The van der Waals surface area contributed by atoms with Gasteiger partial charge < -0.3 is 20.5 Å². The Morgan fingerprint density at radius 3 is 2.76 bits per heavy atom. The molecule has 0 saturated heterocycles. The van der Waals surface area contributed by atoms with Crippen molar-refractivity contribution in [2.45, 2.75) is 33.2 Å². The molecule has 3 N–H and O–H groups in total. The van der Waals surface area contributed by atoms with Gasteiger partial charge in [0.25, 0.3) is 0 Å². The molecule has 0 fully saturated rings. The monoisotopic (exact) mass is 313 g/mol. The fourth-order valence-corrected chi connectivity index (χ4v) is 2.06. The second kappa shape index (κ2) is 9.34. The molecule has 1 aromatic carbocycles. The van der Waals surface area contributed by atoms with Crippen molar-refractivity contribution in [2.24, 2.45) is 10.7 Å². The van der Waals surface area contributed by atoms with E-state index in [9.17, 15) is 0 Å². The van der Waals surface area contributed by atoms with Crippen molar-refractivity contribution < 1.29 is 9.47 Å². The van der Waals surface area contributed by atoms with Crippen molar-refractivity contribution in [3.63, 3.8) is 0 Å². The van der Waals surface area contributed by atoms with E-state index in [1.807, 2.05) is 19.1 Å². The average Bonchev–Trinajstić information content (AvgIpc) is 2.47. The highest BCUT2D eigenvalue weighted by atomic mass is 35.5. The Morgan fingerprint density at radius 1 is 1.38 bits per heavy atom. The van der Waals surface area contributed by atoms with Crippen molar-refractivity contribution in [1.29, 1.82) is 0 Å². The summed E-state index contributed by atoms with van der Waals surface area (Å²) in [5.74, 6) is 1.60. The summed E-state index contributed by atoms with van der Waals surface area (Å²) in [7, 11) is 1.59. The third kappa shape index (κ3) is 5.71. The van der Waals surface area contributed by atoms with E-state index in [1.54, 1.807) is 7.11 Å². The normalized spacial score (nSPS) is 11.3. The third-order valence-electron chi connectivity index (χ3n) is 2.85. The van der Waals surface area contributed by atoms with E-state index in [4.69, 9.17) is 26.8 Å². The van der Waals surface area contributed by atoms with Crippen LogP contribution in [0.15, 0.2) is 17.1 Å². The van der Waals surface area contributed by atoms with Crippen molar-refractivity contribution >= 4 is 17.6 Å². The molecule has 0 bridgehead atoms. The lowest BCUT2D eigenvalue weighted by Gasteiger charge is -2.12. The van der Waals surface area contributed by atoms with Gasteiger partial charge in [-0.05, 0) is 31.0 Å². The minimum absolute atomic E-state index is 0.437. The van der Waals surface area contributed by atoms with Crippen LogP contribution in [0.5, 0.6) is 11.5 Å². The van der Waals surface area contributed by atoms with Crippen LogP contribution in [0, 0.1) is 0 Å². The lowest BCUT2D eigenvalue weighted by molar-refractivity contribution is 0.311. The summed E-state index contributed by atoms with van der Waals surface area (Å²) < 4.78 is 10.8. The summed E-state index contributed by atoms with van der Waals surface area (Å²) in [4.78, 5) is 4.29. The number of guanidine groups is 1. The summed E-state index contributed by atoms with van der Waals surface area (Å²) in [6.45, 7) is 5.83.